The molecule has 184 valence electrons. The molecule has 1 aromatic rings. The minimum Gasteiger partial charge on any atom is -0.396 e. The van der Waals surface area contributed by atoms with E-state index in [-0.39, 0.29) is 12.3 Å². The van der Waals surface area contributed by atoms with Crippen molar-refractivity contribution in [3.63, 3.8) is 0 Å². The first kappa shape index (κ1) is 24.6. The highest BCUT2D eigenvalue weighted by Crippen LogP contribution is 2.55. The minimum absolute atomic E-state index is 0.168. The Hall–Kier alpha value is -2.48. The zero-order chi connectivity index (χ0) is 24.9. The molecule has 3 heterocycles. The highest BCUT2D eigenvalue weighted by Gasteiger charge is 2.71. The summed E-state index contributed by atoms with van der Waals surface area (Å²) in [6.07, 6.45) is -1.23. The minimum atomic E-state index is -4.79. The SMILES string of the molecule is CC12CN(CCCCCCO)CC(C)(O1)C1C(=O)N(c3ccc(C#N)c(C(F)(F)F)c3)C(=O)C12. The lowest BCUT2D eigenvalue weighted by Gasteiger charge is -2.45. The average Bonchev–Trinajstić information content (AvgIpc) is 3.12. The summed E-state index contributed by atoms with van der Waals surface area (Å²) in [5, 5.41) is 18.0. The maximum absolute atomic E-state index is 13.5. The van der Waals surface area contributed by atoms with Crippen LogP contribution in [0.5, 0.6) is 0 Å². The predicted octanol–water partition coefficient (Wildman–Crippen LogP) is 3.10. The van der Waals surface area contributed by atoms with Crippen molar-refractivity contribution in [3.05, 3.63) is 29.3 Å². The fourth-order valence-electron chi connectivity index (χ4n) is 5.98. The van der Waals surface area contributed by atoms with Gasteiger partial charge in [-0.05, 0) is 51.4 Å². The van der Waals surface area contributed by atoms with Gasteiger partial charge in [0.1, 0.15) is 0 Å². The molecule has 2 bridgehead atoms. The number of morpholine rings is 1. The number of hydrogen-bond acceptors (Lipinski definition) is 6. The summed E-state index contributed by atoms with van der Waals surface area (Å²) >= 11 is 0. The lowest BCUT2D eigenvalue weighted by Crippen LogP contribution is -2.58. The van der Waals surface area contributed by atoms with Gasteiger partial charge in [-0.15, -0.1) is 0 Å². The summed E-state index contributed by atoms with van der Waals surface area (Å²) in [5.74, 6) is -2.73. The van der Waals surface area contributed by atoms with Crippen molar-refractivity contribution in [1.29, 1.82) is 5.26 Å². The van der Waals surface area contributed by atoms with E-state index in [4.69, 9.17) is 15.1 Å². The van der Waals surface area contributed by atoms with Crippen LogP contribution >= 0.6 is 0 Å². The molecule has 3 aliphatic heterocycles. The zero-order valence-corrected chi connectivity index (χ0v) is 19.2. The lowest BCUT2D eigenvalue weighted by molar-refractivity contribution is -0.169. The molecule has 0 aliphatic carbocycles. The van der Waals surface area contributed by atoms with Crippen LogP contribution in [0.3, 0.4) is 0 Å². The van der Waals surface area contributed by atoms with E-state index < -0.39 is 52.2 Å². The van der Waals surface area contributed by atoms with E-state index in [9.17, 15) is 22.8 Å². The number of hydrogen-bond donors (Lipinski definition) is 1. The fraction of sp³-hybridized carbons (Fsp3) is 0.625. The van der Waals surface area contributed by atoms with Crippen molar-refractivity contribution in [2.75, 3.05) is 31.1 Å². The third-order valence-corrected chi connectivity index (χ3v) is 7.23. The van der Waals surface area contributed by atoms with Crippen molar-refractivity contribution in [1.82, 2.24) is 4.90 Å². The maximum Gasteiger partial charge on any atom is 0.417 e. The Bertz CT molecular complexity index is 1000. The first-order valence-corrected chi connectivity index (χ1v) is 11.5. The van der Waals surface area contributed by atoms with Gasteiger partial charge >= 0.3 is 6.18 Å². The number of benzene rings is 1. The largest absolute Gasteiger partial charge is 0.417 e. The zero-order valence-electron chi connectivity index (χ0n) is 19.2. The fourth-order valence-corrected chi connectivity index (χ4v) is 5.98. The topological polar surface area (TPSA) is 93.9 Å². The third-order valence-electron chi connectivity index (χ3n) is 7.23. The van der Waals surface area contributed by atoms with Gasteiger partial charge < -0.3 is 9.84 Å². The van der Waals surface area contributed by atoms with Crippen LogP contribution in [0.4, 0.5) is 18.9 Å². The number of likely N-dealkylation sites (tertiary alicyclic amines) is 1. The van der Waals surface area contributed by atoms with Crippen LogP contribution in [-0.4, -0.2) is 59.3 Å². The number of halogens is 3. The van der Waals surface area contributed by atoms with E-state index in [0.29, 0.717) is 19.2 Å². The molecule has 0 aromatic heterocycles. The van der Waals surface area contributed by atoms with Crippen LogP contribution in [0.15, 0.2) is 18.2 Å². The molecule has 3 saturated heterocycles. The third kappa shape index (κ3) is 4.00. The van der Waals surface area contributed by atoms with E-state index in [1.807, 2.05) is 0 Å². The van der Waals surface area contributed by atoms with Crippen molar-refractivity contribution >= 4 is 17.5 Å². The van der Waals surface area contributed by atoms with Gasteiger partial charge in [-0.2, -0.15) is 18.4 Å². The second-order valence-electron chi connectivity index (χ2n) is 9.88. The Morgan fingerprint density at radius 2 is 1.68 bits per heavy atom. The highest BCUT2D eigenvalue weighted by atomic mass is 19.4. The number of aliphatic hydroxyl groups is 1. The second kappa shape index (κ2) is 8.63. The molecule has 7 nitrogen and oxygen atoms in total. The second-order valence-corrected chi connectivity index (χ2v) is 9.88. The Balaban J connectivity index is 1.59. The number of fused-ring (bicyclic) bond motifs is 5. The molecule has 1 aromatic carbocycles. The molecule has 4 rings (SSSR count). The number of rotatable bonds is 7. The molecule has 1 N–H and O–H groups in total. The number of aliphatic hydroxyl groups excluding tert-OH is 1. The van der Waals surface area contributed by atoms with Gasteiger partial charge in [0.05, 0.1) is 45.9 Å². The average molecular weight is 479 g/mol. The van der Waals surface area contributed by atoms with Crippen molar-refractivity contribution < 1.29 is 32.6 Å². The normalized spacial score (nSPS) is 31.1. The molecule has 3 aliphatic rings. The van der Waals surface area contributed by atoms with Gasteiger partial charge in [-0.25, -0.2) is 4.90 Å². The molecule has 0 spiro atoms. The number of amides is 2. The van der Waals surface area contributed by atoms with Crippen molar-refractivity contribution in [3.8, 4) is 6.07 Å². The molecule has 34 heavy (non-hydrogen) atoms. The van der Waals surface area contributed by atoms with Crippen molar-refractivity contribution in [2.45, 2.75) is 56.9 Å². The van der Waals surface area contributed by atoms with Gasteiger partial charge in [-0.3, -0.25) is 14.5 Å². The first-order chi connectivity index (χ1) is 15.9. The Morgan fingerprint density at radius 1 is 1.09 bits per heavy atom. The molecule has 3 fully saturated rings. The van der Waals surface area contributed by atoms with Gasteiger partial charge in [0, 0.05) is 19.7 Å². The molecule has 0 radical (unpaired) electrons. The quantitative estimate of drug-likeness (QED) is 0.477. The predicted molar refractivity (Wildman–Crippen MR) is 116 cm³/mol. The van der Waals surface area contributed by atoms with Crippen LogP contribution in [0, 0.1) is 23.2 Å². The standard InChI is InChI=1S/C24H28F3N3O4/c1-22-13-29(9-5-3-4-6-10-31)14-23(2,34-22)19-18(22)20(32)30(21(19)33)16-8-7-15(12-28)17(11-16)24(25,26)27/h7-8,11,18-19,31H,3-6,9-10,13-14H2,1-2H3. The highest BCUT2D eigenvalue weighted by molar-refractivity contribution is 6.23. The van der Waals surface area contributed by atoms with Crippen LogP contribution in [0.2, 0.25) is 0 Å². The summed E-state index contributed by atoms with van der Waals surface area (Å²) in [7, 11) is 0. The first-order valence-electron chi connectivity index (χ1n) is 11.5. The van der Waals surface area contributed by atoms with Crippen molar-refractivity contribution in [2.24, 2.45) is 11.8 Å². The van der Waals surface area contributed by atoms with Gasteiger partial charge in [0.25, 0.3) is 0 Å². The summed E-state index contributed by atoms with van der Waals surface area (Å²) in [6.45, 7) is 5.41. The monoisotopic (exact) mass is 479 g/mol. The Kier molecular flexibility index (Phi) is 6.25. The van der Waals surface area contributed by atoms with Gasteiger partial charge in [-0.1, -0.05) is 12.8 Å². The summed E-state index contributed by atoms with van der Waals surface area (Å²) < 4.78 is 46.7. The number of carbonyl (C=O) groups excluding carboxylic acids is 2. The van der Waals surface area contributed by atoms with E-state index in [0.717, 1.165) is 43.2 Å². The summed E-state index contributed by atoms with van der Waals surface area (Å²) in [5.41, 5.74) is -3.80. The summed E-state index contributed by atoms with van der Waals surface area (Å²) in [4.78, 5) is 30.0. The molecular formula is C24H28F3N3O4. The molecule has 10 heteroatoms. The van der Waals surface area contributed by atoms with E-state index >= 15 is 0 Å². The Labute approximate surface area is 196 Å². The van der Waals surface area contributed by atoms with E-state index in [2.05, 4.69) is 4.90 Å². The van der Waals surface area contributed by atoms with Crippen LogP contribution in [0.1, 0.15) is 50.7 Å². The van der Waals surface area contributed by atoms with E-state index in [1.165, 1.54) is 12.1 Å². The molecule has 4 atom stereocenters. The summed E-state index contributed by atoms with van der Waals surface area (Å²) in [6, 6.07) is 4.42. The number of nitriles is 1. The smallest absolute Gasteiger partial charge is 0.396 e. The number of carbonyl (C=O) groups is 2. The van der Waals surface area contributed by atoms with Crippen LogP contribution in [-0.2, 0) is 20.5 Å². The molecule has 0 saturated carbocycles. The number of nitrogens with zero attached hydrogens (tertiary/aromatic N) is 3. The number of anilines is 1. The van der Waals surface area contributed by atoms with Gasteiger partial charge in [0.2, 0.25) is 11.8 Å². The number of imide groups is 1. The molecule has 4 unspecified atom stereocenters. The van der Waals surface area contributed by atoms with Crippen LogP contribution < -0.4 is 4.90 Å². The Morgan fingerprint density at radius 3 is 2.21 bits per heavy atom. The number of alkyl halides is 3. The number of ether oxygens (including phenoxy) is 1. The van der Waals surface area contributed by atoms with E-state index in [1.54, 1.807) is 13.8 Å². The number of unbranched alkanes of at least 4 members (excludes halogenated alkanes) is 3. The van der Waals surface area contributed by atoms with Crippen LogP contribution in [0.25, 0.3) is 0 Å². The maximum atomic E-state index is 13.5. The molecular weight excluding hydrogens is 451 g/mol. The van der Waals surface area contributed by atoms with Gasteiger partial charge in [0.15, 0.2) is 0 Å². The lowest BCUT2D eigenvalue weighted by atomic mass is 9.79. The molecule has 2 amide bonds.